The SMILES string of the molecule is Cc1cnc(CNC(=O)C(=O)N2CCC(c3cnn(C)c3)CC2)cn1. The second-order valence-electron chi connectivity index (χ2n) is 6.35. The van der Waals surface area contributed by atoms with Gasteiger partial charge in [0.2, 0.25) is 0 Å². The lowest BCUT2D eigenvalue weighted by molar-refractivity contribution is -0.146. The van der Waals surface area contributed by atoms with Gasteiger partial charge >= 0.3 is 11.8 Å². The molecule has 0 aromatic carbocycles. The van der Waals surface area contributed by atoms with Gasteiger partial charge in [0.05, 0.1) is 30.3 Å². The molecule has 1 fully saturated rings. The second-order valence-corrected chi connectivity index (χ2v) is 6.35. The van der Waals surface area contributed by atoms with E-state index in [9.17, 15) is 9.59 Å². The van der Waals surface area contributed by atoms with Gasteiger partial charge in [-0.15, -0.1) is 0 Å². The van der Waals surface area contributed by atoms with Crippen LogP contribution in [0.3, 0.4) is 0 Å². The third kappa shape index (κ3) is 4.20. The summed E-state index contributed by atoms with van der Waals surface area (Å²) in [6.45, 7) is 3.20. The van der Waals surface area contributed by atoms with Crippen LogP contribution >= 0.6 is 0 Å². The molecule has 8 nitrogen and oxygen atoms in total. The van der Waals surface area contributed by atoms with Gasteiger partial charge in [0, 0.05) is 32.5 Å². The Morgan fingerprint density at radius 2 is 1.96 bits per heavy atom. The molecule has 1 aliphatic rings. The Balaban J connectivity index is 1.48. The summed E-state index contributed by atoms with van der Waals surface area (Å²) in [5.74, 6) is -0.685. The number of piperidine rings is 1. The van der Waals surface area contributed by atoms with Crippen molar-refractivity contribution in [2.24, 2.45) is 7.05 Å². The zero-order valence-corrected chi connectivity index (χ0v) is 14.5. The van der Waals surface area contributed by atoms with E-state index >= 15 is 0 Å². The normalized spacial score (nSPS) is 15.2. The fourth-order valence-corrected chi connectivity index (χ4v) is 2.97. The van der Waals surface area contributed by atoms with Crippen molar-refractivity contribution >= 4 is 11.8 Å². The molecule has 0 radical (unpaired) electrons. The first kappa shape index (κ1) is 17.1. The number of amides is 2. The molecule has 2 aromatic heterocycles. The van der Waals surface area contributed by atoms with E-state index in [-0.39, 0.29) is 6.54 Å². The zero-order valence-electron chi connectivity index (χ0n) is 14.5. The molecule has 0 spiro atoms. The Morgan fingerprint density at radius 1 is 1.20 bits per heavy atom. The molecule has 1 N–H and O–H groups in total. The van der Waals surface area contributed by atoms with E-state index in [0.29, 0.717) is 24.7 Å². The maximum Gasteiger partial charge on any atom is 0.311 e. The Morgan fingerprint density at radius 3 is 2.56 bits per heavy atom. The third-order valence-corrected chi connectivity index (χ3v) is 4.44. The quantitative estimate of drug-likeness (QED) is 0.822. The molecule has 0 unspecified atom stereocenters. The molecule has 132 valence electrons. The Labute approximate surface area is 146 Å². The van der Waals surface area contributed by atoms with Crippen LogP contribution in [0.2, 0.25) is 0 Å². The predicted molar refractivity (Wildman–Crippen MR) is 90.4 cm³/mol. The van der Waals surface area contributed by atoms with E-state index < -0.39 is 11.8 Å². The Bertz CT molecular complexity index is 747. The van der Waals surface area contributed by atoms with Gasteiger partial charge in [0.1, 0.15) is 0 Å². The Hall–Kier alpha value is -2.77. The summed E-state index contributed by atoms with van der Waals surface area (Å²) in [4.78, 5) is 34.2. The zero-order chi connectivity index (χ0) is 17.8. The van der Waals surface area contributed by atoms with E-state index in [1.54, 1.807) is 22.0 Å². The summed E-state index contributed by atoms with van der Waals surface area (Å²) < 4.78 is 1.79. The average molecular weight is 342 g/mol. The van der Waals surface area contributed by atoms with Gasteiger partial charge in [-0.25, -0.2) is 0 Å². The number of rotatable bonds is 3. The maximum atomic E-state index is 12.3. The fourth-order valence-electron chi connectivity index (χ4n) is 2.97. The van der Waals surface area contributed by atoms with Crippen molar-refractivity contribution in [3.63, 3.8) is 0 Å². The number of hydrogen-bond donors (Lipinski definition) is 1. The summed E-state index contributed by atoms with van der Waals surface area (Å²) in [5, 5.41) is 6.81. The third-order valence-electron chi connectivity index (χ3n) is 4.44. The highest BCUT2D eigenvalue weighted by atomic mass is 16.2. The number of likely N-dealkylation sites (tertiary alicyclic amines) is 1. The first-order valence-corrected chi connectivity index (χ1v) is 8.36. The van der Waals surface area contributed by atoms with Gasteiger partial charge in [-0.05, 0) is 31.2 Å². The van der Waals surface area contributed by atoms with Crippen molar-refractivity contribution < 1.29 is 9.59 Å². The summed E-state index contributed by atoms with van der Waals surface area (Å²) in [6.07, 6.45) is 8.79. The van der Waals surface area contributed by atoms with Crippen molar-refractivity contribution in [1.82, 2.24) is 30.0 Å². The van der Waals surface area contributed by atoms with E-state index in [2.05, 4.69) is 20.4 Å². The number of nitrogens with zero attached hydrogens (tertiary/aromatic N) is 5. The standard InChI is InChI=1S/C17H22N6O2/c1-12-7-19-15(9-18-12)10-20-16(24)17(25)23-5-3-13(4-6-23)14-8-21-22(2)11-14/h7-9,11,13H,3-6,10H2,1-2H3,(H,20,24). The van der Waals surface area contributed by atoms with E-state index in [0.717, 1.165) is 18.5 Å². The number of hydrogen-bond acceptors (Lipinski definition) is 5. The highest BCUT2D eigenvalue weighted by Crippen LogP contribution is 2.27. The molecule has 1 saturated heterocycles. The van der Waals surface area contributed by atoms with E-state index in [1.165, 1.54) is 5.56 Å². The van der Waals surface area contributed by atoms with Crippen LogP contribution in [0.1, 0.15) is 35.7 Å². The molecular weight excluding hydrogens is 320 g/mol. The lowest BCUT2D eigenvalue weighted by atomic mass is 9.91. The van der Waals surface area contributed by atoms with Crippen LogP contribution in [-0.4, -0.2) is 49.6 Å². The van der Waals surface area contributed by atoms with Crippen LogP contribution in [0, 0.1) is 6.92 Å². The average Bonchev–Trinajstić information content (AvgIpc) is 3.07. The van der Waals surface area contributed by atoms with Crippen LogP contribution < -0.4 is 5.32 Å². The first-order chi connectivity index (χ1) is 12.0. The predicted octanol–water partition coefficient (Wildman–Crippen LogP) is 0.541. The summed E-state index contributed by atoms with van der Waals surface area (Å²) >= 11 is 0. The number of aryl methyl sites for hydroxylation is 2. The largest absolute Gasteiger partial charge is 0.342 e. The van der Waals surface area contributed by atoms with E-state index in [4.69, 9.17) is 0 Å². The van der Waals surface area contributed by atoms with Crippen molar-refractivity contribution in [2.45, 2.75) is 32.2 Å². The minimum absolute atomic E-state index is 0.198. The van der Waals surface area contributed by atoms with E-state index in [1.807, 2.05) is 26.4 Å². The van der Waals surface area contributed by atoms with Crippen molar-refractivity contribution in [3.05, 3.63) is 41.7 Å². The van der Waals surface area contributed by atoms with Crippen LogP contribution in [0.5, 0.6) is 0 Å². The first-order valence-electron chi connectivity index (χ1n) is 8.36. The van der Waals surface area contributed by atoms with Crippen molar-refractivity contribution in [2.75, 3.05) is 13.1 Å². The van der Waals surface area contributed by atoms with Gasteiger partial charge in [-0.3, -0.25) is 24.2 Å². The molecule has 2 aromatic rings. The molecular formula is C17H22N6O2. The molecule has 25 heavy (non-hydrogen) atoms. The molecule has 0 bridgehead atoms. The minimum atomic E-state index is -0.595. The van der Waals surface area contributed by atoms with Crippen LogP contribution in [0.4, 0.5) is 0 Å². The van der Waals surface area contributed by atoms with Crippen LogP contribution in [0.25, 0.3) is 0 Å². The lowest BCUT2D eigenvalue weighted by Gasteiger charge is -2.31. The topological polar surface area (TPSA) is 93.0 Å². The smallest absolute Gasteiger partial charge is 0.311 e. The van der Waals surface area contributed by atoms with Crippen LogP contribution in [-0.2, 0) is 23.2 Å². The number of aromatic nitrogens is 4. The van der Waals surface area contributed by atoms with Gasteiger partial charge in [0.25, 0.3) is 0 Å². The van der Waals surface area contributed by atoms with Gasteiger partial charge < -0.3 is 10.2 Å². The highest BCUT2D eigenvalue weighted by Gasteiger charge is 2.28. The van der Waals surface area contributed by atoms with Gasteiger partial charge in [-0.1, -0.05) is 0 Å². The fraction of sp³-hybridized carbons (Fsp3) is 0.471. The van der Waals surface area contributed by atoms with Crippen molar-refractivity contribution in [3.8, 4) is 0 Å². The lowest BCUT2D eigenvalue weighted by Crippen LogP contribution is -2.46. The Kier molecular flexibility index (Phi) is 5.06. The van der Waals surface area contributed by atoms with Gasteiger partial charge in [0.15, 0.2) is 0 Å². The summed E-state index contributed by atoms with van der Waals surface area (Å²) in [7, 11) is 1.89. The molecule has 2 amide bonds. The van der Waals surface area contributed by atoms with Gasteiger partial charge in [-0.2, -0.15) is 5.10 Å². The summed E-state index contributed by atoms with van der Waals surface area (Å²) in [5.41, 5.74) is 2.63. The second kappa shape index (κ2) is 7.42. The molecule has 8 heteroatoms. The highest BCUT2D eigenvalue weighted by molar-refractivity contribution is 6.34. The number of carbonyl (C=O) groups is 2. The molecule has 3 heterocycles. The van der Waals surface area contributed by atoms with Crippen molar-refractivity contribution in [1.29, 1.82) is 0 Å². The van der Waals surface area contributed by atoms with Crippen LogP contribution in [0.15, 0.2) is 24.8 Å². The minimum Gasteiger partial charge on any atom is -0.342 e. The maximum absolute atomic E-state index is 12.3. The molecule has 0 atom stereocenters. The molecule has 0 saturated carbocycles. The number of nitrogens with one attached hydrogen (secondary N) is 1. The monoisotopic (exact) mass is 342 g/mol. The number of carbonyl (C=O) groups excluding carboxylic acids is 2. The molecule has 3 rings (SSSR count). The molecule has 0 aliphatic carbocycles. The summed E-state index contributed by atoms with van der Waals surface area (Å²) in [6, 6.07) is 0. The molecule has 1 aliphatic heterocycles.